The van der Waals surface area contributed by atoms with Gasteiger partial charge in [0.05, 0.1) is 18.1 Å². The second-order valence-electron chi connectivity index (χ2n) is 9.14. The van der Waals surface area contributed by atoms with E-state index in [0.717, 1.165) is 30.3 Å². The van der Waals surface area contributed by atoms with Gasteiger partial charge in [-0.15, -0.1) is 0 Å². The zero-order chi connectivity index (χ0) is 26.0. The minimum atomic E-state index is -0.250. The number of carboxylic acid groups (broad SMARTS) is 1. The average Bonchev–Trinajstić information content (AvgIpc) is 3.56. The van der Waals surface area contributed by atoms with Crippen LogP contribution in [0.1, 0.15) is 55.4 Å². The van der Waals surface area contributed by atoms with Crippen molar-refractivity contribution in [3.05, 3.63) is 77.5 Å². The first kappa shape index (κ1) is 26.1. The molecule has 0 amide bonds. The largest absolute Gasteiger partial charge is 0.483 e. The molecular weight excluding hydrogens is 468 g/mol. The van der Waals surface area contributed by atoms with Crippen molar-refractivity contribution in [3.8, 4) is 6.01 Å². The standard InChI is InChI=1S/C27H32N6O.CH2O2/c1-2-8-24(22-9-4-3-5-10-22)34-27-30-25(28)23-17-29-33(26(23)31-27)19-21-13-11-20(12-14-21)18-32-15-6-7-16-32;2-1-3/h3-5,9-14,17,24H,2,6-8,15-16,18-19H2,1H3,(H2,28,30,31);1H,(H,2,3)/t24-;/m1./s1. The fraction of sp³-hybridized carbons (Fsp3) is 0.357. The van der Waals surface area contributed by atoms with Crippen molar-refractivity contribution in [2.45, 2.75) is 51.8 Å². The number of ether oxygens (including phenoxy) is 1. The van der Waals surface area contributed by atoms with Crippen molar-refractivity contribution >= 4 is 23.3 Å². The van der Waals surface area contributed by atoms with Gasteiger partial charge >= 0.3 is 6.01 Å². The van der Waals surface area contributed by atoms with Crippen LogP contribution in [-0.4, -0.2) is 49.3 Å². The van der Waals surface area contributed by atoms with Crippen LogP contribution in [0.25, 0.3) is 11.0 Å². The van der Waals surface area contributed by atoms with Gasteiger partial charge in [-0.25, -0.2) is 4.68 Å². The number of rotatable bonds is 9. The van der Waals surface area contributed by atoms with E-state index in [1.807, 2.05) is 22.9 Å². The third-order valence-electron chi connectivity index (χ3n) is 6.44. The van der Waals surface area contributed by atoms with Gasteiger partial charge in [0, 0.05) is 6.54 Å². The van der Waals surface area contributed by atoms with Crippen molar-refractivity contribution in [1.29, 1.82) is 0 Å². The van der Waals surface area contributed by atoms with Crippen molar-refractivity contribution in [2.24, 2.45) is 0 Å². The number of fused-ring (bicyclic) bond motifs is 1. The van der Waals surface area contributed by atoms with Crippen molar-refractivity contribution in [3.63, 3.8) is 0 Å². The Morgan fingerprint density at radius 2 is 1.68 bits per heavy atom. The van der Waals surface area contributed by atoms with E-state index < -0.39 is 0 Å². The Balaban J connectivity index is 0.00000102. The number of likely N-dealkylation sites (tertiary alicyclic amines) is 1. The van der Waals surface area contributed by atoms with Crippen LogP contribution >= 0.6 is 0 Å². The smallest absolute Gasteiger partial charge is 0.321 e. The molecule has 1 aliphatic rings. The second kappa shape index (κ2) is 12.8. The van der Waals surface area contributed by atoms with E-state index in [9.17, 15) is 0 Å². The Labute approximate surface area is 216 Å². The quantitative estimate of drug-likeness (QED) is 0.317. The van der Waals surface area contributed by atoms with Crippen molar-refractivity contribution < 1.29 is 14.6 Å². The molecule has 2 aromatic carbocycles. The minimum absolute atomic E-state index is 0.123. The summed E-state index contributed by atoms with van der Waals surface area (Å²) in [6.45, 7) is 5.94. The molecule has 9 heteroatoms. The van der Waals surface area contributed by atoms with E-state index in [0.29, 0.717) is 18.0 Å². The molecule has 3 N–H and O–H groups in total. The van der Waals surface area contributed by atoms with Gasteiger partial charge in [-0.2, -0.15) is 15.1 Å². The fourth-order valence-corrected chi connectivity index (χ4v) is 4.60. The summed E-state index contributed by atoms with van der Waals surface area (Å²) in [6.07, 6.45) is 6.09. The number of anilines is 1. The van der Waals surface area contributed by atoms with Gasteiger partial charge in [-0.3, -0.25) is 9.69 Å². The summed E-state index contributed by atoms with van der Waals surface area (Å²) in [5.41, 5.74) is 10.6. The SMILES string of the molecule is CCC[C@@H](Oc1nc(N)c2cnn(Cc3ccc(CN4CCCC4)cc3)c2n1)c1ccccc1.O=CO. The molecule has 1 aliphatic heterocycles. The molecule has 1 atom stereocenters. The number of carbonyl (C=O) groups is 1. The number of hydrogen-bond acceptors (Lipinski definition) is 7. The van der Waals surface area contributed by atoms with E-state index >= 15 is 0 Å². The highest BCUT2D eigenvalue weighted by atomic mass is 16.5. The highest BCUT2D eigenvalue weighted by molar-refractivity contribution is 5.85. The molecule has 0 saturated carbocycles. The summed E-state index contributed by atoms with van der Waals surface area (Å²) >= 11 is 0. The van der Waals surface area contributed by atoms with Crippen LogP contribution in [0.2, 0.25) is 0 Å². The van der Waals surface area contributed by atoms with Gasteiger partial charge in [0.25, 0.3) is 6.47 Å². The predicted molar refractivity (Wildman–Crippen MR) is 143 cm³/mol. The van der Waals surface area contributed by atoms with Gasteiger partial charge in [0.15, 0.2) is 5.65 Å². The molecule has 4 aromatic rings. The van der Waals surface area contributed by atoms with Gasteiger partial charge in [-0.05, 0) is 49.0 Å². The van der Waals surface area contributed by atoms with Crippen molar-refractivity contribution in [2.75, 3.05) is 18.8 Å². The van der Waals surface area contributed by atoms with Crippen LogP contribution in [-0.2, 0) is 17.9 Å². The van der Waals surface area contributed by atoms with Crippen LogP contribution in [0.4, 0.5) is 5.82 Å². The number of nitrogens with zero attached hydrogens (tertiary/aromatic N) is 5. The predicted octanol–water partition coefficient (Wildman–Crippen LogP) is 4.67. The fourth-order valence-electron chi connectivity index (χ4n) is 4.60. The van der Waals surface area contributed by atoms with Gasteiger partial charge in [-0.1, -0.05) is 67.9 Å². The van der Waals surface area contributed by atoms with Crippen molar-refractivity contribution in [1.82, 2.24) is 24.6 Å². The van der Waals surface area contributed by atoms with E-state index in [1.54, 1.807) is 6.20 Å². The first-order valence-corrected chi connectivity index (χ1v) is 12.7. The summed E-state index contributed by atoms with van der Waals surface area (Å²) in [5, 5.41) is 12.2. The summed E-state index contributed by atoms with van der Waals surface area (Å²) in [4.78, 5) is 20.0. The molecule has 0 bridgehead atoms. The molecule has 2 aromatic heterocycles. The molecule has 0 aliphatic carbocycles. The topological polar surface area (TPSA) is 119 Å². The molecule has 5 rings (SSSR count). The monoisotopic (exact) mass is 502 g/mol. The maximum Gasteiger partial charge on any atom is 0.321 e. The van der Waals surface area contributed by atoms with Crippen LogP contribution < -0.4 is 10.5 Å². The summed E-state index contributed by atoms with van der Waals surface area (Å²) in [7, 11) is 0. The van der Waals surface area contributed by atoms with Gasteiger partial charge < -0.3 is 15.6 Å². The maximum absolute atomic E-state index is 8.36. The highest BCUT2D eigenvalue weighted by Crippen LogP contribution is 2.27. The molecule has 0 unspecified atom stereocenters. The summed E-state index contributed by atoms with van der Waals surface area (Å²) in [5.74, 6) is 0.385. The second-order valence-corrected chi connectivity index (χ2v) is 9.14. The molecule has 9 nitrogen and oxygen atoms in total. The van der Waals surface area contributed by atoms with E-state index in [1.165, 1.54) is 37.1 Å². The van der Waals surface area contributed by atoms with Gasteiger partial charge in [0.2, 0.25) is 0 Å². The molecular formula is C28H34N6O3. The Kier molecular flexibility index (Phi) is 9.04. The number of nitrogen functional groups attached to an aromatic ring is 1. The maximum atomic E-state index is 8.36. The molecule has 3 heterocycles. The lowest BCUT2D eigenvalue weighted by atomic mass is 10.1. The first-order chi connectivity index (χ1) is 18.1. The minimum Gasteiger partial charge on any atom is -0.483 e. The zero-order valence-corrected chi connectivity index (χ0v) is 21.2. The van der Waals surface area contributed by atoms with Crippen LogP contribution in [0.5, 0.6) is 6.01 Å². The Bertz CT molecular complexity index is 1270. The van der Waals surface area contributed by atoms with E-state index in [-0.39, 0.29) is 18.6 Å². The lowest BCUT2D eigenvalue weighted by Crippen LogP contribution is -2.18. The molecule has 194 valence electrons. The Morgan fingerprint density at radius 3 is 2.32 bits per heavy atom. The number of hydrogen-bond donors (Lipinski definition) is 2. The highest BCUT2D eigenvalue weighted by Gasteiger charge is 2.18. The molecule has 0 spiro atoms. The first-order valence-electron chi connectivity index (χ1n) is 12.7. The van der Waals surface area contributed by atoms with Crippen LogP contribution in [0, 0.1) is 0 Å². The van der Waals surface area contributed by atoms with E-state index in [2.05, 4.69) is 58.3 Å². The van der Waals surface area contributed by atoms with Crippen LogP contribution in [0.15, 0.2) is 60.8 Å². The number of nitrogens with two attached hydrogens (primary N) is 1. The normalized spacial score (nSPS) is 14.2. The van der Waals surface area contributed by atoms with Gasteiger partial charge in [0.1, 0.15) is 11.9 Å². The lowest BCUT2D eigenvalue weighted by Gasteiger charge is -2.18. The lowest BCUT2D eigenvalue weighted by molar-refractivity contribution is -0.122. The van der Waals surface area contributed by atoms with E-state index in [4.69, 9.17) is 25.4 Å². The zero-order valence-electron chi connectivity index (χ0n) is 21.2. The summed E-state index contributed by atoms with van der Waals surface area (Å²) in [6, 6.07) is 19.2. The molecule has 37 heavy (non-hydrogen) atoms. The Hall–Kier alpha value is -3.98. The molecule has 0 radical (unpaired) electrons. The average molecular weight is 503 g/mol. The summed E-state index contributed by atoms with van der Waals surface area (Å²) < 4.78 is 8.10. The van der Waals surface area contributed by atoms with Crippen LogP contribution in [0.3, 0.4) is 0 Å². The molecule has 1 fully saturated rings. The number of aromatic nitrogens is 4. The third-order valence-corrected chi connectivity index (χ3v) is 6.44. The Morgan fingerprint density at radius 1 is 1.03 bits per heavy atom. The number of benzene rings is 2. The third kappa shape index (κ3) is 6.83. The molecule has 1 saturated heterocycles.